The Bertz CT molecular complexity index is 825. The monoisotopic (exact) mass is 446 g/mol. The van der Waals surface area contributed by atoms with Crippen LogP contribution in [0.5, 0.6) is 0 Å². The molecule has 0 aromatic heterocycles. The maximum Gasteiger partial charge on any atom is 0.313 e. The summed E-state index contributed by atoms with van der Waals surface area (Å²) in [5, 5.41) is 9.40. The van der Waals surface area contributed by atoms with Crippen molar-refractivity contribution in [3.05, 3.63) is 24.3 Å². The van der Waals surface area contributed by atoms with E-state index in [4.69, 9.17) is 9.47 Å². The summed E-state index contributed by atoms with van der Waals surface area (Å²) in [6.07, 6.45) is 11.4. The Balaban J connectivity index is 1.78. The number of amides is 2. The molecule has 4 rings (SSSR count). The summed E-state index contributed by atoms with van der Waals surface area (Å²) in [5.74, 6) is -2.58. The predicted molar refractivity (Wildman–Crippen MR) is 116 cm³/mol. The van der Waals surface area contributed by atoms with Gasteiger partial charge in [0.25, 0.3) is 0 Å². The van der Waals surface area contributed by atoms with Crippen molar-refractivity contribution < 1.29 is 29.0 Å². The van der Waals surface area contributed by atoms with Crippen LogP contribution in [0.15, 0.2) is 24.3 Å². The van der Waals surface area contributed by atoms with Gasteiger partial charge < -0.3 is 24.4 Å². The maximum atomic E-state index is 13.8. The molecule has 1 N–H and O–H groups in total. The number of esters is 1. The molecule has 32 heavy (non-hydrogen) atoms. The lowest BCUT2D eigenvalue weighted by molar-refractivity contribution is -0.160. The normalized spacial score (nSPS) is 36.3. The lowest BCUT2D eigenvalue weighted by atomic mass is 9.74. The van der Waals surface area contributed by atoms with Gasteiger partial charge in [-0.1, -0.05) is 44.1 Å². The van der Waals surface area contributed by atoms with Crippen molar-refractivity contribution in [1.82, 2.24) is 9.80 Å². The first-order chi connectivity index (χ1) is 15.4. The van der Waals surface area contributed by atoms with E-state index in [1.54, 1.807) is 11.8 Å². The minimum atomic E-state index is -1.24. The van der Waals surface area contributed by atoms with E-state index in [0.29, 0.717) is 25.9 Å². The number of nitrogens with zero attached hydrogens (tertiary/aromatic N) is 2. The highest BCUT2D eigenvalue weighted by Crippen LogP contribution is 2.57. The highest BCUT2D eigenvalue weighted by Gasteiger charge is 2.74. The number of likely N-dealkylation sites (tertiary alicyclic amines) is 1. The molecular weight excluding hydrogens is 412 g/mol. The molecule has 8 heteroatoms. The molecule has 0 aromatic carbocycles. The second-order valence-electron chi connectivity index (χ2n) is 9.36. The number of aliphatic hydroxyl groups is 1. The van der Waals surface area contributed by atoms with Crippen LogP contribution in [0.1, 0.15) is 46.0 Å². The third kappa shape index (κ3) is 3.57. The van der Waals surface area contributed by atoms with Crippen molar-refractivity contribution in [1.29, 1.82) is 0 Å². The summed E-state index contributed by atoms with van der Waals surface area (Å²) in [5.41, 5.74) is -2.28. The van der Waals surface area contributed by atoms with Crippen molar-refractivity contribution >= 4 is 17.8 Å². The zero-order chi connectivity index (χ0) is 22.9. The number of hydrogen-bond donors (Lipinski definition) is 1. The number of fused-ring (bicyclic) bond motifs is 2. The molecule has 8 nitrogen and oxygen atoms in total. The Morgan fingerprint density at radius 3 is 2.62 bits per heavy atom. The third-order valence-corrected chi connectivity index (χ3v) is 7.19. The van der Waals surface area contributed by atoms with Crippen LogP contribution in [0.2, 0.25) is 0 Å². The molecule has 2 saturated heterocycles. The zero-order valence-electron chi connectivity index (χ0n) is 19.0. The first-order valence-electron chi connectivity index (χ1n) is 11.8. The van der Waals surface area contributed by atoms with Gasteiger partial charge in [0.15, 0.2) is 0 Å². The van der Waals surface area contributed by atoms with Gasteiger partial charge in [0.1, 0.15) is 17.6 Å². The summed E-state index contributed by atoms with van der Waals surface area (Å²) in [4.78, 5) is 44.0. The number of cyclic esters (lactones) is 1. The van der Waals surface area contributed by atoms with Gasteiger partial charge in [0.2, 0.25) is 11.8 Å². The van der Waals surface area contributed by atoms with E-state index in [2.05, 4.69) is 6.92 Å². The Morgan fingerprint density at radius 2 is 1.88 bits per heavy atom. The molecule has 0 aliphatic carbocycles. The van der Waals surface area contributed by atoms with Gasteiger partial charge in [0.05, 0.1) is 18.1 Å². The number of carbonyl (C=O) groups is 3. The fourth-order valence-corrected chi connectivity index (χ4v) is 5.77. The number of unbranched alkanes of at least 4 members (excludes halogenated alkanes) is 2. The van der Waals surface area contributed by atoms with Crippen LogP contribution < -0.4 is 0 Å². The van der Waals surface area contributed by atoms with Crippen LogP contribution in [-0.2, 0) is 23.9 Å². The first kappa shape index (κ1) is 23.0. The first-order valence-corrected chi connectivity index (χ1v) is 11.8. The molecule has 4 heterocycles. The highest BCUT2D eigenvalue weighted by molar-refractivity contribution is 5.99. The molecule has 4 aliphatic heterocycles. The summed E-state index contributed by atoms with van der Waals surface area (Å²) in [6.45, 7) is 5.37. The highest BCUT2D eigenvalue weighted by atomic mass is 16.6. The second kappa shape index (κ2) is 8.98. The van der Waals surface area contributed by atoms with E-state index in [1.165, 1.54) is 4.90 Å². The standard InChI is InChI=1S/C24H34N2O6/c1-3-4-6-12-25-13-8-11-24-17(20(28)26(14-9-15-27)19(24)21(25)29)18-22(30)31-16-7-5-10-23(18,2)32-24/h5,8,10-11,17-19,27H,3-4,6-7,9,12-16H2,1-2H3/t17-,18+,19?,23-,24-/m0/s1. The van der Waals surface area contributed by atoms with Crippen molar-refractivity contribution in [2.24, 2.45) is 11.8 Å². The van der Waals surface area contributed by atoms with Crippen molar-refractivity contribution in [2.45, 2.75) is 63.2 Å². The Hall–Kier alpha value is -2.19. The van der Waals surface area contributed by atoms with Crippen LogP contribution in [0.3, 0.4) is 0 Å². The Labute approximate surface area is 189 Å². The summed E-state index contributed by atoms with van der Waals surface area (Å²) in [7, 11) is 0. The molecule has 4 aliphatic rings. The zero-order valence-corrected chi connectivity index (χ0v) is 19.0. The minimum Gasteiger partial charge on any atom is -0.465 e. The van der Waals surface area contributed by atoms with Gasteiger partial charge in [-0.15, -0.1) is 0 Å². The molecule has 0 saturated carbocycles. The molecular formula is C24H34N2O6. The van der Waals surface area contributed by atoms with Gasteiger partial charge in [-0.25, -0.2) is 0 Å². The number of ether oxygens (including phenoxy) is 2. The van der Waals surface area contributed by atoms with E-state index >= 15 is 0 Å². The quantitative estimate of drug-likeness (QED) is 0.361. The summed E-state index contributed by atoms with van der Waals surface area (Å²) in [6, 6.07) is -0.863. The molecule has 0 radical (unpaired) electrons. The van der Waals surface area contributed by atoms with Gasteiger partial charge in [-0.05, 0) is 26.2 Å². The van der Waals surface area contributed by atoms with Crippen LogP contribution in [0.25, 0.3) is 0 Å². The Morgan fingerprint density at radius 1 is 1.06 bits per heavy atom. The average molecular weight is 447 g/mol. The van der Waals surface area contributed by atoms with Crippen LogP contribution in [0, 0.1) is 11.8 Å². The van der Waals surface area contributed by atoms with Crippen LogP contribution in [0.4, 0.5) is 0 Å². The van der Waals surface area contributed by atoms with Gasteiger partial charge in [-0.2, -0.15) is 0 Å². The topological polar surface area (TPSA) is 96.4 Å². The molecule has 2 fully saturated rings. The molecule has 5 atom stereocenters. The second-order valence-corrected chi connectivity index (χ2v) is 9.36. The number of rotatable bonds is 7. The Kier molecular flexibility index (Phi) is 6.45. The molecule has 1 unspecified atom stereocenters. The number of hydrogen-bond acceptors (Lipinski definition) is 6. The van der Waals surface area contributed by atoms with E-state index < -0.39 is 35.0 Å². The maximum absolute atomic E-state index is 13.8. The summed E-state index contributed by atoms with van der Waals surface area (Å²) >= 11 is 0. The van der Waals surface area contributed by atoms with E-state index in [0.717, 1.165) is 19.3 Å². The molecule has 2 amide bonds. The SMILES string of the molecule is CCCCCN1CC=C[C@]23O[C@@]4(C)C=CCCOC(=O)[C@H]4[C@H]2C(=O)N(CCCO)C3C1=O. The lowest BCUT2D eigenvalue weighted by Gasteiger charge is -2.37. The van der Waals surface area contributed by atoms with Crippen molar-refractivity contribution in [3.63, 3.8) is 0 Å². The minimum absolute atomic E-state index is 0.0921. The van der Waals surface area contributed by atoms with Crippen LogP contribution in [-0.4, -0.2) is 82.8 Å². The van der Waals surface area contributed by atoms with Gasteiger partial charge in [-0.3, -0.25) is 14.4 Å². The molecule has 0 bridgehead atoms. The fraction of sp³-hybridized carbons (Fsp3) is 0.708. The average Bonchev–Trinajstić information content (AvgIpc) is 3.07. The third-order valence-electron chi connectivity index (χ3n) is 7.19. The van der Waals surface area contributed by atoms with Gasteiger partial charge in [0, 0.05) is 26.2 Å². The predicted octanol–water partition coefficient (Wildman–Crippen LogP) is 1.43. The van der Waals surface area contributed by atoms with Crippen molar-refractivity contribution in [3.8, 4) is 0 Å². The van der Waals surface area contributed by atoms with E-state index in [1.807, 2.05) is 24.3 Å². The van der Waals surface area contributed by atoms with Crippen molar-refractivity contribution in [2.75, 3.05) is 32.8 Å². The molecule has 176 valence electrons. The number of carbonyl (C=O) groups excluding carboxylic acids is 3. The molecule has 0 aromatic rings. The van der Waals surface area contributed by atoms with E-state index in [9.17, 15) is 19.5 Å². The smallest absolute Gasteiger partial charge is 0.313 e. The van der Waals surface area contributed by atoms with Gasteiger partial charge >= 0.3 is 5.97 Å². The lowest BCUT2D eigenvalue weighted by Crippen LogP contribution is -2.56. The van der Waals surface area contributed by atoms with Crippen LogP contribution >= 0.6 is 0 Å². The number of aliphatic hydroxyl groups excluding tert-OH is 1. The fourth-order valence-electron chi connectivity index (χ4n) is 5.77. The van der Waals surface area contributed by atoms with E-state index in [-0.39, 0.29) is 31.6 Å². The largest absolute Gasteiger partial charge is 0.465 e. The molecule has 1 spiro atoms. The summed E-state index contributed by atoms with van der Waals surface area (Å²) < 4.78 is 12.1.